The highest BCUT2D eigenvalue weighted by Gasteiger charge is 2.22. The molecule has 3 heteroatoms. The van der Waals surface area contributed by atoms with Gasteiger partial charge in [-0.3, -0.25) is 0 Å². The van der Waals surface area contributed by atoms with Crippen molar-refractivity contribution >= 4 is 17.3 Å². The molecule has 0 aliphatic rings. The van der Waals surface area contributed by atoms with Crippen molar-refractivity contribution in [1.82, 2.24) is 0 Å². The lowest BCUT2D eigenvalue weighted by Crippen LogP contribution is -2.38. The Morgan fingerprint density at radius 3 is 2.41 bits per heavy atom. The van der Waals surface area contributed by atoms with Crippen LogP contribution in [0.15, 0.2) is 24.3 Å². The van der Waals surface area contributed by atoms with E-state index in [2.05, 4.69) is 19.2 Å². The Labute approximate surface area is 109 Å². The molecule has 0 spiro atoms. The van der Waals surface area contributed by atoms with E-state index in [1.165, 1.54) is 12.8 Å². The van der Waals surface area contributed by atoms with Crippen LogP contribution in [0.5, 0.6) is 0 Å². The van der Waals surface area contributed by atoms with Crippen LogP contribution in [0.3, 0.4) is 0 Å². The van der Waals surface area contributed by atoms with Gasteiger partial charge in [-0.05, 0) is 37.6 Å². The lowest BCUT2D eigenvalue weighted by atomic mass is 9.95. The summed E-state index contributed by atoms with van der Waals surface area (Å²) in [4.78, 5) is 0. The first-order chi connectivity index (χ1) is 8.09. The van der Waals surface area contributed by atoms with Crippen LogP contribution in [0.1, 0.15) is 39.5 Å². The van der Waals surface area contributed by atoms with Crippen molar-refractivity contribution in [2.45, 2.75) is 45.1 Å². The fraction of sp³-hybridized carbons (Fsp3) is 0.571. The Hall–Kier alpha value is -0.730. The minimum absolute atomic E-state index is 0.138. The van der Waals surface area contributed by atoms with E-state index in [1.807, 2.05) is 24.3 Å². The normalized spacial score (nSPS) is 14.4. The van der Waals surface area contributed by atoms with Gasteiger partial charge in [-0.25, -0.2) is 0 Å². The second-order valence-electron chi connectivity index (χ2n) is 4.81. The van der Waals surface area contributed by atoms with Gasteiger partial charge in [0.2, 0.25) is 0 Å². The van der Waals surface area contributed by atoms with Gasteiger partial charge < -0.3 is 10.4 Å². The maximum atomic E-state index is 9.51. The molecule has 2 N–H and O–H groups in total. The zero-order chi connectivity index (χ0) is 12.7. The highest BCUT2D eigenvalue weighted by atomic mass is 35.5. The van der Waals surface area contributed by atoms with Crippen LogP contribution in [0.2, 0.25) is 5.02 Å². The number of hydrogen-bond acceptors (Lipinski definition) is 2. The highest BCUT2D eigenvalue weighted by molar-refractivity contribution is 6.30. The summed E-state index contributed by atoms with van der Waals surface area (Å²) in [6.07, 6.45) is 4.51. The van der Waals surface area contributed by atoms with Crippen molar-refractivity contribution in [2.75, 3.05) is 11.9 Å². The van der Waals surface area contributed by atoms with Gasteiger partial charge in [0.1, 0.15) is 0 Å². The van der Waals surface area contributed by atoms with Crippen LogP contribution >= 0.6 is 11.6 Å². The van der Waals surface area contributed by atoms with Crippen molar-refractivity contribution in [3.05, 3.63) is 29.3 Å². The van der Waals surface area contributed by atoms with E-state index in [1.54, 1.807) is 0 Å². The van der Waals surface area contributed by atoms with E-state index < -0.39 is 0 Å². The highest BCUT2D eigenvalue weighted by Crippen LogP contribution is 2.22. The molecule has 1 atom stereocenters. The lowest BCUT2D eigenvalue weighted by Gasteiger charge is -2.30. The molecular weight excluding hydrogens is 234 g/mol. The first-order valence-electron chi connectivity index (χ1n) is 6.24. The molecule has 2 nitrogen and oxygen atoms in total. The Bertz CT molecular complexity index is 325. The van der Waals surface area contributed by atoms with Crippen LogP contribution < -0.4 is 5.32 Å². The van der Waals surface area contributed by atoms with Gasteiger partial charge in [0, 0.05) is 10.7 Å². The smallest absolute Gasteiger partial charge is 0.0658 e. The summed E-state index contributed by atoms with van der Waals surface area (Å²) < 4.78 is 0. The van der Waals surface area contributed by atoms with Crippen molar-refractivity contribution in [1.29, 1.82) is 0 Å². The van der Waals surface area contributed by atoms with E-state index >= 15 is 0 Å². The number of nitrogens with one attached hydrogen (secondary N) is 1. The third-order valence-electron chi connectivity index (χ3n) is 2.97. The molecule has 0 amide bonds. The molecule has 17 heavy (non-hydrogen) atoms. The minimum atomic E-state index is -0.247. The summed E-state index contributed by atoms with van der Waals surface area (Å²) in [6, 6.07) is 7.59. The van der Waals surface area contributed by atoms with Crippen molar-refractivity contribution < 1.29 is 5.11 Å². The van der Waals surface area contributed by atoms with Gasteiger partial charge in [-0.2, -0.15) is 0 Å². The quantitative estimate of drug-likeness (QED) is 0.720. The number of benzene rings is 1. The van der Waals surface area contributed by atoms with Crippen molar-refractivity contribution in [2.24, 2.45) is 0 Å². The monoisotopic (exact) mass is 255 g/mol. The van der Waals surface area contributed by atoms with E-state index in [0.29, 0.717) is 0 Å². The SMILES string of the molecule is CCCCCC(C)(CO)Nc1ccc(Cl)cc1. The Morgan fingerprint density at radius 2 is 1.88 bits per heavy atom. The predicted molar refractivity (Wildman–Crippen MR) is 74.7 cm³/mol. The van der Waals surface area contributed by atoms with Gasteiger partial charge in [-0.15, -0.1) is 0 Å². The van der Waals surface area contributed by atoms with Gasteiger partial charge in [0.25, 0.3) is 0 Å². The van der Waals surface area contributed by atoms with E-state index in [-0.39, 0.29) is 12.1 Å². The molecule has 96 valence electrons. The maximum absolute atomic E-state index is 9.51. The second-order valence-corrected chi connectivity index (χ2v) is 5.24. The number of aliphatic hydroxyl groups is 1. The number of aliphatic hydroxyl groups excluding tert-OH is 1. The third kappa shape index (κ3) is 4.97. The minimum Gasteiger partial charge on any atom is -0.394 e. The lowest BCUT2D eigenvalue weighted by molar-refractivity contribution is 0.212. The molecule has 0 aromatic heterocycles. The zero-order valence-corrected chi connectivity index (χ0v) is 11.4. The fourth-order valence-corrected chi connectivity index (χ4v) is 1.95. The number of halogens is 1. The van der Waals surface area contributed by atoms with Crippen LogP contribution in [-0.4, -0.2) is 17.3 Å². The summed E-state index contributed by atoms with van der Waals surface area (Å²) in [5, 5.41) is 13.6. The average Bonchev–Trinajstić information content (AvgIpc) is 2.33. The molecule has 0 fully saturated rings. The standard InChI is InChI=1S/C14H22ClNO/c1-3-4-5-10-14(2,11-17)16-13-8-6-12(15)7-9-13/h6-9,16-17H,3-5,10-11H2,1-2H3. The molecule has 0 saturated carbocycles. The summed E-state index contributed by atoms with van der Waals surface area (Å²) >= 11 is 5.84. The fourth-order valence-electron chi connectivity index (χ4n) is 1.83. The number of hydrogen-bond donors (Lipinski definition) is 2. The zero-order valence-electron chi connectivity index (χ0n) is 10.7. The Balaban J connectivity index is 2.58. The summed E-state index contributed by atoms with van der Waals surface area (Å²) in [7, 11) is 0. The van der Waals surface area contributed by atoms with E-state index in [0.717, 1.165) is 23.6 Å². The summed E-state index contributed by atoms with van der Waals surface area (Å²) in [5.74, 6) is 0. The van der Waals surface area contributed by atoms with Crippen molar-refractivity contribution in [3.8, 4) is 0 Å². The Kier molecular flexibility index (Phi) is 5.79. The largest absolute Gasteiger partial charge is 0.394 e. The molecule has 0 heterocycles. The van der Waals surface area contributed by atoms with E-state index in [9.17, 15) is 5.11 Å². The average molecular weight is 256 g/mol. The van der Waals surface area contributed by atoms with Gasteiger partial charge in [-0.1, -0.05) is 37.8 Å². The van der Waals surface area contributed by atoms with Gasteiger partial charge in [0.05, 0.1) is 12.1 Å². The molecule has 1 aromatic rings. The molecule has 1 rings (SSSR count). The predicted octanol–water partition coefficient (Wildman–Crippen LogP) is 4.08. The summed E-state index contributed by atoms with van der Waals surface area (Å²) in [6.45, 7) is 4.37. The number of unbranched alkanes of at least 4 members (excludes halogenated alkanes) is 2. The molecule has 1 unspecified atom stereocenters. The molecule has 0 bridgehead atoms. The first-order valence-corrected chi connectivity index (χ1v) is 6.62. The molecule has 0 aliphatic carbocycles. The van der Waals surface area contributed by atoms with Crippen LogP contribution in [-0.2, 0) is 0 Å². The molecular formula is C14H22ClNO. The van der Waals surface area contributed by atoms with Crippen LogP contribution in [0.4, 0.5) is 5.69 Å². The third-order valence-corrected chi connectivity index (χ3v) is 3.22. The van der Waals surface area contributed by atoms with Crippen LogP contribution in [0.25, 0.3) is 0 Å². The molecule has 1 aromatic carbocycles. The number of anilines is 1. The topological polar surface area (TPSA) is 32.3 Å². The summed E-state index contributed by atoms with van der Waals surface area (Å²) in [5.41, 5.74) is 0.755. The van der Waals surface area contributed by atoms with Crippen molar-refractivity contribution in [3.63, 3.8) is 0 Å². The Morgan fingerprint density at radius 1 is 1.24 bits per heavy atom. The molecule has 0 saturated heterocycles. The van der Waals surface area contributed by atoms with Crippen LogP contribution in [0, 0.1) is 0 Å². The molecule has 0 aliphatic heterocycles. The molecule has 0 radical (unpaired) electrons. The second kappa shape index (κ2) is 6.87. The number of rotatable bonds is 7. The van der Waals surface area contributed by atoms with Gasteiger partial charge in [0.15, 0.2) is 0 Å². The van der Waals surface area contributed by atoms with Gasteiger partial charge >= 0.3 is 0 Å². The van der Waals surface area contributed by atoms with E-state index in [4.69, 9.17) is 11.6 Å². The first kappa shape index (κ1) is 14.3. The maximum Gasteiger partial charge on any atom is 0.0658 e.